The molecule has 2 saturated heterocycles. The number of nitrogens with one attached hydrogen (secondary N) is 2. The Morgan fingerprint density at radius 1 is 0.629 bits per heavy atom. The Balaban J connectivity index is 1.17. The lowest BCUT2D eigenvalue weighted by atomic mass is 10.1. The lowest BCUT2D eigenvalue weighted by Gasteiger charge is -2.30. The van der Waals surface area contributed by atoms with Gasteiger partial charge in [0.1, 0.15) is 0 Å². The molecule has 0 aliphatic carbocycles. The molecule has 7 heteroatoms. The third-order valence-electron chi connectivity index (χ3n) is 6.70. The van der Waals surface area contributed by atoms with Crippen LogP contribution in [0, 0.1) is 0 Å². The number of benzene rings is 2. The minimum atomic E-state index is 0.0295. The second-order valence-electron chi connectivity index (χ2n) is 9.34. The number of thioether (sulfide) groups is 1. The average molecular weight is 495 g/mol. The fourth-order valence-electron chi connectivity index (χ4n) is 4.84. The van der Waals surface area contributed by atoms with Crippen LogP contribution in [0.1, 0.15) is 51.4 Å². The van der Waals surface area contributed by atoms with Gasteiger partial charge in [0.05, 0.1) is 22.7 Å². The largest absolute Gasteiger partial charge is 0.370 e. The molecule has 0 aromatic heterocycles. The van der Waals surface area contributed by atoms with Gasteiger partial charge in [0.15, 0.2) is 0 Å². The number of anilines is 4. The van der Waals surface area contributed by atoms with Crippen LogP contribution in [0.2, 0.25) is 0 Å². The van der Waals surface area contributed by atoms with E-state index in [-0.39, 0.29) is 11.8 Å². The summed E-state index contributed by atoms with van der Waals surface area (Å²) in [5, 5.41) is 6.20. The molecule has 188 valence electrons. The van der Waals surface area contributed by atoms with Crippen LogP contribution in [0.4, 0.5) is 22.7 Å². The van der Waals surface area contributed by atoms with Crippen molar-refractivity contribution in [2.75, 3.05) is 58.1 Å². The molecule has 2 aliphatic rings. The van der Waals surface area contributed by atoms with E-state index >= 15 is 0 Å². The van der Waals surface area contributed by atoms with Gasteiger partial charge in [-0.25, -0.2) is 0 Å². The summed E-state index contributed by atoms with van der Waals surface area (Å²) in [6.45, 7) is 4.20. The van der Waals surface area contributed by atoms with Crippen molar-refractivity contribution in [3.8, 4) is 0 Å². The fraction of sp³-hybridized carbons (Fsp3) is 0.500. The van der Waals surface area contributed by atoms with Gasteiger partial charge in [-0.1, -0.05) is 24.3 Å². The molecule has 2 aromatic rings. The predicted octanol–water partition coefficient (Wildman–Crippen LogP) is 5.76. The Bertz CT molecular complexity index is 893. The van der Waals surface area contributed by atoms with Gasteiger partial charge >= 0.3 is 0 Å². The minimum Gasteiger partial charge on any atom is -0.370 e. The number of para-hydroxylation sites is 4. The molecule has 0 radical (unpaired) electrons. The van der Waals surface area contributed by atoms with Gasteiger partial charge in [-0.3, -0.25) is 9.59 Å². The van der Waals surface area contributed by atoms with Crippen molar-refractivity contribution in [1.29, 1.82) is 0 Å². The van der Waals surface area contributed by atoms with Crippen LogP contribution in [0.3, 0.4) is 0 Å². The third-order valence-corrected chi connectivity index (χ3v) is 7.68. The lowest BCUT2D eigenvalue weighted by Crippen LogP contribution is -2.30. The van der Waals surface area contributed by atoms with Gasteiger partial charge in [0, 0.05) is 50.5 Å². The van der Waals surface area contributed by atoms with Crippen molar-refractivity contribution in [2.45, 2.75) is 51.4 Å². The first-order valence-corrected chi connectivity index (χ1v) is 14.2. The highest BCUT2D eigenvalue weighted by Gasteiger charge is 2.17. The molecule has 0 spiro atoms. The molecule has 0 bridgehead atoms. The van der Waals surface area contributed by atoms with E-state index in [1.54, 1.807) is 11.8 Å². The van der Waals surface area contributed by atoms with E-state index in [1.807, 2.05) is 36.4 Å². The molecule has 2 aromatic carbocycles. The van der Waals surface area contributed by atoms with Crippen molar-refractivity contribution in [2.24, 2.45) is 0 Å². The van der Waals surface area contributed by atoms with Crippen molar-refractivity contribution in [3.63, 3.8) is 0 Å². The Hall–Kier alpha value is -2.67. The SMILES string of the molecule is O=C(CCSCCC(=O)Nc1ccccc1N1CCCCC1)Nc1ccccc1N1CCCCC1. The summed E-state index contributed by atoms with van der Waals surface area (Å²) in [7, 11) is 0. The highest BCUT2D eigenvalue weighted by atomic mass is 32.2. The van der Waals surface area contributed by atoms with Gasteiger partial charge in [-0.05, 0) is 62.8 Å². The first-order chi connectivity index (χ1) is 17.2. The number of nitrogens with zero attached hydrogens (tertiary/aromatic N) is 2. The highest BCUT2D eigenvalue weighted by molar-refractivity contribution is 7.99. The van der Waals surface area contributed by atoms with Crippen LogP contribution >= 0.6 is 11.8 Å². The van der Waals surface area contributed by atoms with E-state index in [0.717, 1.165) is 48.9 Å². The molecule has 2 fully saturated rings. The van der Waals surface area contributed by atoms with Crippen LogP contribution < -0.4 is 20.4 Å². The van der Waals surface area contributed by atoms with Gasteiger partial charge in [-0.15, -0.1) is 0 Å². The predicted molar refractivity (Wildman–Crippen MR) is 149 cm³/mol. The number of rotatable bonds is 10. The van der Waals surface area contributed by atoms with Crippen LogP contribution in [-0.2, 0) is 9.59 Å². The van der Waals surface area contributed by atoms with E-state index in [4.69, 9.17) is 0 Å². The van der Waals surface area contributed by atoms with Crippen molar-refractivity contribution in [3.05, 3.63) is 48.5 Å². The van der Waals surface area contributed by atoms with Crippen LogP contribution in [0.5, 0.6) is 0 Å². The molecular weight excluding hydrogens is 456 g/mol. The van der Waals surface area contributed by atoms with Gasteiger partial charge < -0.3 is 20.4 Å². The number of hydrogen-bond donors (Lipinski definition) is 2. The van der Waals surface area contributed by atoms with Gasteiger partial charge in [0.25, 0.3) is 0 Å². The molecule has 2 heterocycles. The summed E-state index contributed by atoms with van der Waals surface area (Å²) in [5.41, 5.74) is 4.04. The standard InChI is InChI=1S/C28H38N4O2S/c33-27(29-23-11-3-5-13-25(23)31-17-7-1-8-18-31)15-21-35-22-16-28(34)30-24-12-4-6-14-26(24)32-19-9-2-10-20-32/h3-6,11-14H,1-2,7-10,15-22H2,(H,29,33)(H,30,34). The summed E-state index contributed by atoms with van der Waals surface area (Å²) in [6, 6.07) is 16.2. The molecule has 2 N–H and O–H groups in total. The number of carbonyl (C=O) groups is 2. The molecule has 2 aliphatic heterocycles. The van der Waals surface area contributed by atoms with E-state index in [1.165, 1.54) is 38.5 Å². The molecule has 4 rings (SSSR count). The Morgan fingerprint density at radius 2 is 1.03 bits per heavy atom. The van der Waals surface area contributed by atoms with E-state index in [0.29, 0.717) is 24.3 Å². The van der Waals surface area contributed by atoms with E-state index in [2.05, 4.69) is 32.6 Å². The van der Waals surface area contributed by atoms with Crippen molar-refractivity contribution in [1.82, 2.24) is 0 Å². The number of amides is 2. The highest BCUT2D eigenvalue weighted by Crippen LogP contribution is 2.29. The summed E-state index contributed by atoms with van der Waals surface area (Å²) in [5.74, 6) is 1.47. The molecule has 2 amide bonds. The quantitative estimate of drug-likeness (QED) is 0.411. The number of piperidine rings is 2. The van der Waals surface area contributed by atoms with E-state index in [9.17, 15) is 9.59 Å². The fourth-order valence-corrected chi connectivity index (χ4v) is 5.70. The first kappa shape index (κ1) is 25.4. The molecule has 0 saturated carbocycles. The lowest BCUT2D eigenvalue weighted by molar-refractivity contribution is -0.116. The number of hydrogen-bond acceptors (Lipinski definition) is 5. The maximum absolute atomic E-state index is 12.5. The summed E-state index contributed by atoms with van der Waals surface area (Å²) in [4.78, 5) is 29.8. The normalized spacial score (nSPS) is 16.1. The molecule has 0 atom stereocenters. The summed E-state index contributed by atoms with van der Waals surface area (Å²) >= 11 is 1.65. The van der Waals surface area contributed by atoms with Gasteiger partial charge in [0.2, 0.25) is 11.8 Å². The Kier molecular flexibility index (Phi) is 9.75. The van der Waals surface area contributed by atoms with Crippen molar-refractivity contribution < 1.29 is 9.59 Å². The van der Waals surface area contributed by atoms with E-state index < -0.39 is 0 Å². The second-order valence-corrected chi connectivity index (χ2v) is 10.6. The zero-order chi connectivity index (χ0) is 24.3. The number of carbonyl (C=O) groups excluding carboxylic acids is 2. The maximum Gasteiger partial charge on any atom is 0.225 e. The van der Waals surface area contributed by atoms with Crippen LogP contribution in [0.15, 0.2) is 48.5 Å². The smallest absolute Gasteiger partial charge is 0.225 e. The van der Waals surface area contributed by atoms with Crippen LogP contribution in [-0.4, -0.2) is 49.5 Å². The third kappa shape index (κ3) is 7.66. The molecular formula is C28H38N4O2S. The first-order valence-electron chi connectivity index (χ1n) is 13.1. The zero-order valence-corrected chi connectivity index (χ0v) is 21.5. The minimum absolute atomic E-state index is 0.0295. The topological polar surface area (TPSA) is 64.7 Å². The van der Waals surface area contributed by atoms with Gasteiger partial charge in [-0.2, -0.15) is 11.8 Å². The summed E-state index contributed by atoms with van der Waals surface area (Å²) in [6.07, 6.45) is 8.27. The van der Waals surface area contributed by atoms with Crippen molar-refractivity contribution >= 4 is 46.3 Å². The molecule has 35 heavy (non-hydrogen) atoms. The Morgan fingerprint density at radius 3 is 1.46 bits per heavy atom. The maximum atomic E-state index is 12.5. The van der Waals surface area contributed by atoms with Crippen LogP contribution in [0.25, 0.3) is 0 Å². The summed E-state index contributed by atoms with van der Waals surface area (Å²) < 4.78 is 0. The molecule has 6 nitrogen and oxygen atoms in total. The Labute approximate surface area is 213 Å². The molecule has 0 unspecified atom stereocenters. The monoisotopic (exact) mass is 494 g/mol. The zero-order valence-electron chi connectivity index (χ0n) is 20.6. The average Bonchev–Trinajstić information content (AvgIpc) is 2.90. The second kappa shape index (κ2) is 13.4.